The first-order chi connectivity index (χ1) is 9.33. The van der Waals surface area contributed by atoms with Gasteiger partial charge >= 0.3 is 0 Å². The molecular formula is C15H22ClNO3S. The minimum absolute atomic E-state index is 0.00308. The summed E-state index contributed by atoms with van der Waals surface area (Å²) >= 11 is 0. The molecule has 0 fully saturated rings. The third kappa shape index (κ3) is 4.71. The summed E-state index contributed by atoms with van der Waals surface area (Å²) in [6, 6.07) is 3.05. The highest BCUT2D eigenvalue weighted by molar-refractivity contribution is 8.13. The summed E-state index contributed by atoms with van der Waals surface area (Å²) in [6.07, 6.45) is 0. The molecule has 0 saturated carbocycles. The van der Waals surface area contributed by atoms with Gasteiger partial charge in [-0.3, -0.25) is 4.79 Å². The molecule has 0 aliphatic rings. The van der Waals surface area contributed by atoms with Crippen molar-refractivity contribution >= 4 is 25.6 Å². The summed E-state index contributed by atoms with van der Waals surface area (Å²) in [7, 11) is 3.28. The fourth-order valence-corrected chi connectivity index (χ4v) is 3.48. The molecule has 1 rings (SSSR count). The molecule has 118 valence electrons. The van der Waals surface area contributed by atoms with Gasteiger partial charge in [-0.2, -0.15) is 0 Å². The first-order valence-electron chi connectivity index (χ1n) is 6.64. The number of rotatable bonds is 3. The summed E-state index contributed by atoms with van der Waals surface area (Å²) in [6.45, 7) is 10.1. The van der Waals surface area contributed by atoms with Crippen LogP contribution in [0.2, 0.25) is 0 Å². The van der Waals surface area contributed by atoms with Gasteiger partial charge in [0.15, 0.2) is 0 Å². The minimum Gasteiger partial charge on any atom is -0.341 e. The highest BCUT2D eigenvalue weighted by Crippen LogP contribution is 2.25. The lowest BCUT2D eigenvalue weighted by molar-refractivity contribution is 0.0745. The molecule has 0 aliphatic heterocycles. The van der Waals surface area contributed by atoms with Gasteiger partial charge in [0.25, 0.3) is 15.0 Å². The number of carbonyl (C=O) groups is 1. The zero-order valence-electron chi connectivity index (χ0n) is 13.3. The lowest BCUT2D eigenvalue weighted by atomic mass is 9.96. The van der Waals surface area contributed by atoms with Gasteiger partial charge in [-0.05, 0) is 42.5 Å². The van der Waals surface area contributed by atoms with E-state index in [1.54, 1.807) is 31.9 Å². The Morgan fingerprint density at radius 3 is 2.19 bits per heavy atom. The minimum atomic E-state index is -3.87. The quantitative estimate of drug-likeness (QED) is 0.798. The normalized spacial score (nSPS) is 12.3. The molecule has 0 saturated heterocycles. The van der Waals surface area contributed by atoms with E-state index >= 15 is 0 Å². The van der Waals surface area contributed by atoms with Crippen LogP contribution in [0.5, 0.6) is 0 Å². The van der Waals surface area contributed by atoms with E-state index in [9.17, 15) is 13.2 Å². The fourth-order valence-electron chi connectivity index (χ4n) is 2.21. The van der Waals surface area contributed by atoms with Gasteiger partial charge in [0, 0.05) is 29.8 Å². The average molecular weight is 332 g/mol. The fraction of sp³-hybridized carbons (Fsp3) is 0.533. The standard InChI is InChI=1S/C15H22ClNO3S/c1-10-7-12(8-13(11(10)2)21(16,19)20)14(18)17(6)9-15(3,4)5/h7-8H,9H2,1-6H3. The maximum Gasteiger partial charge on any atom is 0.261 e. The Bertz CT molecular complexity index is 660. The summed E-state index contributed by atoms with van der Waals surface area (Å²) in [5.74, 6) is -0.213. The molecule has 1 aromatic rings. The molecular weight excluding hydrogens is 310 g/mol. The van der Waals surface area contributed by atoms with Crippen LogP contribution in [0, 0.1) is 19.3 Å². The maximum atomic E-state index is 12.5. The van der Waals surface area contributed by atoms with Crippen LogP contribution in [-0.2, 0) is 9.05 Å². The second-order valence-corrected chi connectivity index (χ2v) is 9.11. The molecule has 0 aromatic heterocycles. The van der Waals surface area contributed by atoms with Crippen molar-refractivity contribution < 1.29 is 13.2 Å². The van der Waals surface area contributed by atoms with Gasteiger partial charge in [-0.15, -0.1) is 0 Å². The Hall–Kier alpha value is -1.07. The lowest BCUT2D eigenvalue weighted by Gasteiger charge is -2.27. The van der Waals surface area contributed by atoms with Crippen molar-refractivity contribution in [3.05, 3.63) is 28.8 Å². The monoisotopic (exact) mass is 331 g/mol. The van der Waals surface area contributed by atoms with Crippen molar-refractivity contribution in [1.82, 2.24) is 4.90 Å². The van der Waals surface area contributed by atoms with Crippen LogP contribution < -0.4 is 0 Å². The van der Waals surface area contributed by atoms with Crippen molar-refractivity contribution in [3.63, 3.8) is 0 Å². The van der Waals surface area contributed by atoms with Crippen molar-refractivity contribution in [1.29, 1.82) is 0 Å². The van der Waals surface area contributed by atoms with E-state index in [1.165, 1.54) is 6.07 Å². The highest BCUT2D eigenvalue weighted by atomic mass is 35.7. The van der Waals surface area contributed by atoms with Gasteiger partial charge in [0.05, 0.1) is 4.90 Å². The first-order valence-corrected chi connectivity index (χ1v) is 8.95. The van der Waals surface area contributed by atoms with E-state index in [4.69, 9.17) is 10.7 Å². The summed E-state index contributed by atoms with van der Waals surface area (Å²) in [5.41, 5.74) is 1.60. The number of amides is 1. The van der Waals surface area contributed by atoms with Crippen molar-refractivity contribution in [2.75, 3.05) is 13.6 Å². The van der Waals surface area contributed by atoms with E-state index < -0.39 is 9.05 Å². The lowest BCUT2D eigenvalue weighted by Crippen LogP contribution is -2.34. The molecule has 0 spiro atoms. The number of nitrogens with zero attached hydrogens (tertiary/aromatic N) is 1. The molecule has 0 radical (unpaired) electrons. The van der Waals surface area contributed by atoms with Crippen LogP contribution in [-0.4, -0.2) is 32.8 Å². The Morgan fingerprint density at radius 1 is 1.24 bits per heavy atom. The Morgan fingerprint density at radius 2 is 1.76 bits per heavy atom. The number of aryl methyl sites for hydroxylation is 1. The van der Waals surface area contributed by atoms with E-state index in [0.29, 0.717) is 17.7 Å². The number of hydrogen-bond donors (Lipinski definition) is 0. The van der Waals surface area contributed by atoms with Crippen LogP contribution in [0.25, 0.3) is 0 Å². The van der Waals surface area contributed by atoms with Crippen molar-refractivity contribution in [2.45, 2.75) is 39.5 Å². The molecule has 0 aliphatic carbocycles. The molecule has 0 bridgehead atoms. The summed E-state index contributed by atoms with van der Waals surface area (Å²) in [5, 5.41) is 0. The Labute approximate surface area is 131 Å². The van der Waals surface area contributed by atoms with Gasteiger partial charge in [0.2, 0.25) is 0 Å². The average Bonchev–Trinajstić information content (AvgIpc) is 2.27. The smallest absolute Gasteiger partial charge is 0.261 e. The number of carbonyl (C=O) groups excluding carboxylic acids is 1. The molecule has 0 N–H and O–H groups in total. The molecule has 0 atom stereocenters. The molecule has 21 heavy (non-hydrogen) atoms. The van der Waals surface area contributed by atoms with Crippen LogP contribution in [0.15, 0.2) is 17.0 Å². The van der Waals surface area contributed by atoms with E-state index in [2.05, 4.69) is 0 Å². The van der Waals surface area contributed by atoms with Crippen LogP contribution in [0.1, 0.15) is 42.3 Å². The third-order valence-electron chi connectivity index (χ3n) is 3.19. The predicted molar refractivity (Wildman–Crippen MR) is 85.4 cm³/mol. The number of hydrogen-bond acceptors (Lipinski definition) is 3. The van der Waals surface area contributed by atoms with Gasteiger partial charge in [-0.1, -0.05) is 20.8 Å². The van der Waals surface area contributed by atoms with Gasteiger partial charge < -0.3 is 4.90 Å². The molecule has 4 nitrogen and oxygen atoms in total. The maximum absolute atomic E-state index is 12.5. The zero-order valence-corrected chi connectivity index (χ0v) is 14.9. The predicted octanol–water partition coefficient (Wildman–Crippen LogP) is 3.35. The van der Waals surface area contributed by atoms with Gasteiger partial charge in [0.1, 0.15) is 0 Å². The first kappa shape index (κ1) is 18.0. The SMILES string of the molecule is Cc1cc(C(=O)N(C)CC(C)(C)C)cc(S(=O)(=O)Cl)c1C. The highest BCUT2D eigenvalue weighted by Gasteiger charge is 2.22. The number of benzene rings is 1. The summed E-state index contributed by atoms with van der Waals surface area (Å²) < 4.78 is 23.2. The largest absolute Gasteiger partial charge is 0.341 e. The Balaban J connectivity index is 3.27. The van der Waals surface area contributed by atoms with E-state index in [0.717, 1.165) is 5.56 Å². The van der Waals surface area contributed by atoms with E-state index in [1.807, 2.05) is 20.8 Å². The van der Waals surface area contributed by atoms with Crippen molar-refractivity contribution in [2.24, 2.45) is 5.41 Å². The number of halogens is 1. The van der Waals surface area contributed by atoms with Crippen LogP contribution in [0.3, 0.4) is 0 Å². The second-order valence-electron chi connectivity index (χ2n) is 6.58. The summed E-state index contributed by atoms with van der Waals surface area (Å²) in [4.78, 5) is 14.0. The molecule has 6 heteroatoms. The molecule has 1 aromatic carbocycles. The topological polar surface area (TPSA) is 54.5 Å². The molecule has 0 unspecified atom stereocenters. The Kier molecular flexibility index (Phi) is 5.11. The molecule has 0 heterocycles. The van der Waals surface area contributed by atoms with Crippen molar-refractivity contribution in [3.8, 4) is 0 Å². The van der Waals surface area contributed by atoms with E-state index in [-0.39, 0.29) is 16.2 Å². The second kappa shape index (κ2) is 5.97. The van der Waals surface area contributed by atoms with Crippen LogP contribution >= 0.6 is 10.7 Å². The zero-order chi connectivity index (χ0) is 16.6. The van der Waals surface area contributed by atoms with Gasteiger partial charge in [-0.25, -0.2) is 8.42 Å². The molecule has 1 amide bonds. The van der Waals surface area contributed by atoms with Crippen LogP contribution in [0.4, 0.5) is 0 Å². The third-order valence-corrected chi connectivity index (χ3v) is 4.64.